The van der Waals surface area contributed by atoms with Gasteiger partial charge in [0.2, 0.25) is 0 Å². The van der Waals surface area contributed by atoms with Crippen molar-refractivity contribution in [1.82, 2.24) is 20.0 Å². The van der Waals surface area contributed by atoms with Crippen LogP contribution in [0.25, 0.3) is 0 Å². The molecule has 2 fully saturated rings. The molecular weight excluding hydrogens is 508 g/mol. The molecule has 1 aromatic carbocycles. The van der Waals surface area contributed by atoms with Crippen LogP contribution in [0.2, 0.25) is 0 Å². The van der Waals surface area contributed by atoms with E-state index in [1.807, 2.05) is 13.8 Å². The molecule has 0 bridgehead atoms. The number of carbonyl (C=O) groups excluding carboxylic acids is 4. The van der Waals surface area contributed by atoms with Crippen molar-refractivity contribution in [1.29, 1.82) is 5.41 Å². The molecule has 13 heteroatoms. The quantitative estimate of drug-likeness (QED) is 0.206. The van der Waals surface area contributed by atoms with Crippen LogP contribution >= 0.6 is 0 Å². The Kier molecular flexibility index (Phi) is 10.6. The van der Waals surface area contributed by atoms with Crippen LogP contribution in [-0.2, 0) is 19.0 Å². The first-order valence-electron chi connectivity index (χ1n) is 13.1. The average Bonchev–Trinajstić information content (AvgIpc) is 3.27. The summed E-state index contributed by atoms with van der Waals surface area (Å²) in [5.74, 6) is -0.373. The molecule has 2 heterocycles. The minimum atomic E-state index is -0.814. The van der Waals surface area contributed by atoms with E-state index in [-0.39, 0.29) is 30.6 Å². The number of hydrogen-bond acceptors (Lipinski definition) is 10. The summed E-state index contributed by atoms with van der Waals surface area (Å²) in [4.78, 5) is 54.9. The zero-order chi connectivity index (χ0) is 28.5. The van der Waals surface area contributed by atoms with Gasteiger partial charge in [0.25, 0.3) is 0 Å². The molecule has 1 aromatic rings. The summed E-state index contributed by atoms with van der Waals surface area (Å²) >= 11 is 0. The van der Waals surface area contributed by atoms with Crippen LogP contribution in [0.1, 0.15) is 32.8 Å². The number of cyclic esters (lactones) is 1. The highest BCUT2D eigenvalue weighted by molar-refractivity contribution is 6.08. The van der Waals surface area contributed by atoms with Crippen molar-refractivity contribution in [3.63, 3.8) is 0 Å². The van der Waals surface area contributed by atoms with Crippen LogP contribution in [-0.4, -0.2) is 116 Å². The van der Waals surface area contributed by atoms with Crippen molar-refractivity contribution in [2.75, 3.05) is 64.4 Å². The second kappa shape index (κ2) is 13.9. The van der Waals surface area contributed by atoms with Gasteiger partial charge in [-0.3, -0.25) is 25.3 Å². The first kappa shape index (κ1) is 29.8. The van der Waals surface area contributed by atoms with E-state index in [2.05, 4.69) is 15.1 Å². The Bertz CT molecular complexity index is 1040. The van der Waals surface area contributed by atoms with Crippen LogP contribution in [0, 0.1) is 5.41 Å². The van der Waals surface area contributed by atoms with Gasteiger partial charge in [0, 0.05) is 57.6 Å². The SMILES string of the molecule is CCOC(=O)N(C)C(=O)NC(=N)c1ccc(N2CC(CN3CCN(CCC(=O)OC(C)C)CC3)OC2=O)cc1. The number of amidine groups is 1. The summed E-state index contributed by atoms with van der Waals surface area (Å²) in [6.45, 7) is 10.4. The van der Waals surface area contributed by atoms with E-state index in [0.29, 0.717) is 37.3 Å². The van der Waals surface area contributed by atoms with Crippen molar-refractivity contribution in [3.05, 3.63) is 29.8 Å². The number of esters is 1. The van der Waals surface area contributed by atoms with Gasteiger partial charge in [0.1, 0.15) is 11.9 Å². The fourth-order valence-electron chi connectivity index (χ4n) is 4.26. The van der Waals surface area contributed by atoms with E-state index < -0.39 is 18.2 Å². The molecule has 0 aromatic heterocycles. The lowest BCUT2D eigenvalue weighted by molar-refractivity contribution is -0.147. The topological polar surface area (TPSA) is 145 Å². The van der Waals surface area contributed by atoms with Crippen LogP contribution in [0.3, 0.4) is 0 Å². The molecule has 4 amide bonds. The molecular formula is C26H38N6O7. The standard InChI is InChI=1S/C26H38N6O7/c1-5-37-25(35)29(4)24(34)28-23(27)19-6-8-20(9-7-19)32-17-21(39-26(32)36)16-31-14-12-30(13-15-31)11-10-22(33)38-18(2)3/h6-9,18,21H,5,10-17H2,1-4H3,(H2,27,28,34). The minimum absolute atomic E-state index is 0.103. The van der Waals surface area contributed by atoms with Crippen molar-refractivity contribution in [2.24, 2.45) is 0 Å². The van der Waals surface area contributed by atoms with Gasteiger partial charge in [-0.2, -0.15) is 0 Å². The van der Waals surface area contributed by atoms with E-state index in [9.17, 15) is 19.2 Å². The predicted molar refractivity (Wildman–Crippen MR) is 143 cm³/mol. The monoisotopic (exact) mass is 546 g/mol. The van der Waals surface area contributed by atoms with Crippen molar-refractivity contribution >= 4 is 35.7 Å². The number of imide groups is 1. The van der Waals surface area contributed by atoms with Crippen LogP contribution in [0.4, 0.5) is 20.1 Å². The summed E-state index contributed by atoms with van der Waals surface area (Å²) in [5.41, 5.74) is 1.02. The van der Waals surface area contributed by atoms with E-state index in [1.165, 1.54) is 7.05 Å². The lowest BCUT2D eigenvalue weighted by Crippen LogP contribution is -2.49. The Balaban J connectivity index is 1.44. The number of nitrogens with one attached hydrogen (secondary N) is 2. The Labute approximate surface area is 228 Å². The normalized spacial score (nSPS) is 18.0. The summed E-state index contributed by atoms with van der Waals surface area (Å²) < 4.78 is 15.6. The molecule has 0 spiro atoms. The largest absolute Gasteiger partial charge is 0.463 e. The zero-order valence-corrected chi connectivity index (χ0v) is 23.0. The highest BCUT2D eigenvalue weighted by atomic mass is 16.6. The van der Waals surface area contributed by atoms with E-state index >= 15 is 0 Å². The summed E-state index contributed by atoms with van der Waals surface area (Å²) in [5, 5.41) is 10.5. The summed E-state index contributed by atoms with van der Waals surface area (Å²) in [7, 11) is 1.26. The van der Waals surface area contributed by atoms with Gasteiger partial charge in [0.15, 0.2) is 0 Å². The maximum atomic E-state index is 12.5. The molecule has 214 valence electrons. The number of piperazine rings is 1. The number of rotatable bonds is 9. The second-order valence-corrected chi connectivity index (χ2v) is 9.66. The van der Waals surface area contributed by atoms with Crippen molar-refractivity contribution < 1.29 is 33.4 Å². The fourth-order valence-corrected chi connectivity index (χ4v) is 4.26. The number of urea groups is 1. The molecule has 2 aliphatic heterocycles. The Morgan fingerprint density at radius 3 is 2.38 bits per heavy atom. The van der Waals surface area contributed by atoms with Gasteiger partial charge in [-0.05, 0) is 45.0 Å². The smallest absolute Gasteiger partial charge is 0.417 e. The Morgan fingerprint density at radius 1 is 1.13 bits per heavy atom. The van der Waals surface area contributed by atoms with E-state index in [4.69, 9.17) is 19.6 Å². The van der Waals surface area contributed by atoms with Crippen LogP contribution in [0.15, 0.2) is 24.3 Å². The molecule has 0 saturated carbocycles. The average molecular weight is 547 g/mol. The Morgan fingerprint density at radius 2 is 1.77 bits per heavy atom. The Hall–Kier alpha value is -3.71. The number of nitrogens with zero attached hydrogens (tertiary/aromatic N) is 4. The van der Waals surface area contributed by atoms with Gasteiger partial charge >= 0.3 is 24.2 Å². The van der Waals surface area contributed by atoms with Gasteiger partial charge in [0.05, 0.1) is 25.7 Å². The highest BCUT2D eigenvalue weighted by Gasteiger charge is 2.34. The fraction of sp³-hybridized carbons (Fsp3) is 0.577. The number of amides is 4. The molecule has 2 aliphatic rings. The third-order valence-corrected chi connectivity index (χ3v) is 6.35. The van der Waals surface area contributed by atoms with Gasteiger partial charge < -0.3 is 19.1 Å². The number of ether oxygens (including phenoxy) is 3. The van der Waals surface area contributed by atoms with Gasteiger partial charge in [-0.15, -0.1) is 0 Å². The molecule has 39 heavy (non-hydrogen) atoms. The van der Waals surface area contributed by atoms with E-state index in [0.717, 1.165) is 31.1 Å². The van der Waals surface area contributed by atoms with Crippen molar-refractivity contribution in [3.8, 4) is 0 Å². The highest BCUT2D eigenvalue weighted by Crippen LogP contribution is 2.23. The molecule has 13 nitrogen and oxygen atoms in total. The molecule has 1 unspecified atom stereocenters. The summed E-state index contributed by atoms with van der Waals surface area (Å²) in [6, 6.07) is 5.79. The second-order valence-electron chi connectivity index (χ2n) is 9.66. The summed E-state index contributed by atoms with van der Waals surface area (Å²) in [6.07, 6.45) is -1.25. The third-order valence-electron chi connectivity index (χ3n) is 6.35. The van der Waals surface area contributed by atoms with Gasteiger partial charge in [-0.25, -0.2) is 19.3 Å². The first-order chi connectivity index (χ1) is 18.6. The molecule has 2 saturated heterocycles. The molecule has 1 atom stereocenters. The number of carbonyl (C=O) groups is 4. The number of benzene rings is 1. The maximum Gasteiger partial charge on any atom is 0.417 e. The van der Waals surface area contributed by atoms with Gasteiger partial charge in [-0.1, -0.05) is 0 Å². The van der Waals surface area contributed by atoms with E-state index in [1.54, 1.807) is 36.1 Å². The molecule has 2 N–H and O–H groups in total. The lowest BCUT2D eigenvalue weighted by atomic mass is 10.1. The lowest BCUT2D eigenvalue weighted by Gasteiger charge is -2.35. The van der Waals surface area contributed by atoms with Crippen LogP contribution < -0.4 is 10.2 Å². The predicted octanol–water partition coefficient (Wildman–Crippen LogP) is 2.09. The molecule has 0 radical (unpaired) electrons. The molecule has 3 rings (SSSR count). The number of hydrogen-bond donors (Lipinski definition) is 2. The first-order valence-corrected chi connectivity index (χ1v) is 13.1. The van der Waals surface area contributed by atoms with Crippen LogP contribution in [0.5, 0.6) is 0 Å². The molecule has 0 aliphatic carbocycles. The minimum Gasteiger partial charge on any atom is -0.463 e. The van der Waals surface area contributed by atoms with Crippen molar-refractivity contribution in [2.45, 2.75) is 39.4 Å². The third kappa shape index (κ3) is 8.65. The zero-order valence-electron chi connectivity index (χ0n) is 23.0. The number of anilines is 1. The maximum absolute atomic E-state index is 12.5.